The maximum absolute atomic E-state index is 12.3. The number of aromatic amines is 1. The molecule has 2 atom stereocenters. The topological polar surface area (TPSA) is 89.4 Å². The van der Waals surface area contributed by atoms with Gasteiger partial charge in [0.15, 0.2) is 11.5 Å². The Kier molecular flexibility index (Phi) is 3.92. The summed E-state index contributed by atoms with van der Waals surface area (Å²) in [5.41, 5.74) is 0.888. The molecule has 2 aromatic rings. The molecule has 0 bridgehead atoms. The monoisotopic (exact) mass is 291 g/mol. The van der Waals surface area contributed by atoms with Gasteiger partial charge in [0.2, 0.25) is 0 Å². The second kappa shape index (κ2) is 6.01. The fourth-order valence-corrected chi connectivity index (χ4v) is 2.31. The van der Waals surface area contributed by atoms with Gasteiger partial charge in [0.05, 0.1) is 37.9 Å². The summed E-state index contributed by atoms with van der Waals surface area (Å²) in [4.78, 5) is 12.3. The zero-order chi connectivity index (χ0) is 14.7. The summed E-state index contributed by atoms with van der Waals surface area (Å²) in [6, 6.07) is 1.58. The number of carbonyl (C=O) groups excluding carboxylic acids is 1. The summed E-state index contributed by atoms with van der Waals surface area (Å²) < 4.78 is 16.4. The standard InChI is InChI=1S/C14H17N3O4/c1-2-9-3-4-20-13(9)14(18)17-11-7-19-8-12(11)21-10-5-15-16-6-10/h3-6,11-12H,2,7-8H2,1H3,(H,15,16)(H,17,18)/t11-,12+/m0/s1. The minimum atomic E-state index is -0.244. The van der Waals surface area contributed by atoms with Crippen molar-refractivity contribution in [2.24, 2.45) is 0 Å². The van der Waals surface area contributed by atoms with E-state index >= 15 is 0 Å². The van der Waals surface area contributed by atoms with Gasteiger partial charge < -0.3 is 19.2 Å². The molecular formula is C14H17N3O4. The zero-order valence-electron chi connectivity index (χ0n) is 11.7. The largest absolute Gasteiger partial charge is 0.482 e. The summed E-state index contributed by atoms with van der Waals surface area (Å²) in [6.45, 7) is 2.82. The molecule has 0 saturated carbocycles. The second-order valence-electron chi connectivity index (χ2n) is 4.84. The van der Waals surface area contributed by atoms with Crippen molar-refractivity contribution in [3.05, 3.63) is 36.0 Å². The lowest BCUT2D eigenvalue weighted by atomic mass is 10.1. The highest BCUT2D eigenvalue weighted by Crippen LogP contribution is 2.17. The van der Waals surface area contributed by atoms with Gasteiger partial charge in [-0.3, -0.25) is 9.89 Å². The van der Waals surface area contributed by atoms with E-state index in [1.165, 1.54) is 6.26 Å². The third-order valence-electron chi connectivity index (χ3n) is 3.44. The summed E-state index contributed by atoms with van der Waals surface area (Å²) in [6.07, 6.45) is 5.26. The third kappa shape index (κ3) is 2.92. The molecule has 0 aliphatic carbocycles. The minimum Gasteiger partial charge on any atom is -0.482 e. The van der Waals surface area contributed by atoms with Crippen molar-refractivity contribution in [3.63, 3.8) is 0 Å². The zero-order valence-corrected chi connectivity index (χ0v) is 11.7. The maximum Gasteiger partial charge on any atom is 0.287 e. The lowest BCUT2D eigenvalue weighted by Crippen LogP contribution is -2.45. The van der Waals surface area contributed by atoms with Crippen LogP contribution in [0.4, 0.5) is 0 Å². The van der Waals surface area contributed by atoms with Gasteiger partial charge in [0.1, 0.15) is 6.10 Å². The molecule has 1 aliphatic rings. The van der Waals surface area contributed by atoms with Gasteiger partial charge in [-0.1, -0.05) is 6.92 Å². The van der Waals surface area contributed by atoms with Crippen LogP contribution in [0.1, 0.15) is 23.0 Å². The number of carbonyl (C=O) groups is 1. The number of nitrogens with zero attached hydrogens (tertiary/aromatic N) is 1. The van der Waals surface area contributed by atoms with Gasteiger partial charge in [-0.05, 0) is 12.5 Å². The number of aryl methyl sites for hydroxylation is 1. The van der Waals surface area contributed by atoms with Crippen molar-refractivity contribution < 1.29 is 18.7 Å². The molecular weight excluding hydrogens is 274 g/mol. The normalized spacial score (nSPS) is 21.4. The van der Waals surface area contributed by atoms with Crippen LogP contribution in [0, 0.1) is 0 Å². The third-order valence-corrected chi connectivity index (χ3v) is 3.44. The van der Waals surface area contributed by atoms with Crippen molar-refractivity contribution >= 4 is 5.91 Å². The van der Waals surface area contributed by atoms with Gasteiger partial charge in [0.25, 0.3) is 5.91 Å². The molecule has 2 N–H and O–H groups in total. The molecule has 0 unspecified atom stereocenters. The number of furan rings is 1. The second-order valence-corrected chi connectivity index (χ2v) is 4.84. The van der Waals surface area contributed by atoms with Crippen molar-refractivity contribution in [1.82, 2.24) is 15.5 Å². The van der Waals surface area contributed by atoms with E-state index in [2.05, 4.69) is 15.5 Å². The number of hydrogen-bond acceptors (Lipinski definition) is 5. The highest BCUT2D eigenvalue weighted by atomic mass is 16.5. The van der Waals surface area contributed by atoms with Crippen LogP contribution in [-0.2, 0) is 11.2 Å². The van der Waals surface area contributed by atoms with Gasteiger partial charge in [-0.15, -0.1) is 0 Å². The van der Waals surface area contributed by atoms with E-state index in [0.29, 0.717) is 24.7 Å². The average molecular weight is 291 g/mol. The molecule has 1 aliphatic heterocycles. The number of amides is 1. The Balaban J connectivity index is 1.64. The SMILES string of the molecule is CCc1ccoc1C(=O)N[C@H]1COC[C@H]1Oc1cn[nH]c1. The van der Waals surface area contributed by atoms with E-state index in [-0.39, 0.29) is 18.1 Å². The van der Waals surface area contributed by atoms with Gasteiger partial charge in [-0.2, -0.15) is 5.10 Å². The van der Waals surface area contributed by atoms with E-state index in [0.717, 1.165) is 12.0 Å². The van der Waals surface area contributed by atoms with Crippen LogP contribution in [-0.4, -0.2) is 41.5 Å². The maximum atomic E-state index is 12.3. The van der Waals surface area contributed by atoms with E-state index in [1.807, 2.05) is 6.92 Å². The highest BCUT2D eigenvalue weighted by Gasteiger charge is 2.32. The Morgan fingerprint density at radius 3 is 3.24 bits per heavy atom. The Hall–Kier alpha value is -2.28. The van der Waals surface area contributed by atoms with Crippen molar-refractivity contribution in [2.75, 3.05) is 13.2 Å². The molecule has 0 spiro atoms. The van der Waals surface area contributed by atoms with E-state index in [4.69, 9.17) is 13.9 Å². The molecule has 7 heteroatoms. The fraction of sp³-hybridized carbons (Fsp3) is 0.429. The number of nitrogens with one attached hydrogen (secondary N) is 2. The Morgan fingerprint density at radius 1 is 1.57 bits per heavy atom. The summed E-state index contributed by atoms with van der Waals surface area (Å²) >= 11 is 0. The lowest BCUT2D eigenvalue weighted by Gasteiger charge is -2.19. The van der Waals surface area contributed by atoms with E-state index in [1.54, 1.807) is 18.5 Å². The first kappa shape index (κ1) is 13.7. The first-order chi connectivity index (χ1) is 10.3. The first-order valence-electron chi connectivity index (χ1n) is 6.88. The number of ether oxygens (including phenoxy) is 2. The van der Waals surface area contributed by atoms with Crippen LogP contribution < -0.4 is 10.1 Å². The predicted octanol–water partition coefficient (Wildman–Crippen LogP) is 1.14. The smallest absolute Gasteiger partial charge is 0.287 e. The van der Waals surface area contributed by atoms with Crippen LogP contribution in [0.3, 0.4) is 0 Å². The van der Waals surface area contributed by atoms with Crippen LogP contribution >= 0.6 is 0 Å². The molecule has 1 fully saturated rings. The summed E-state index contributed by atoms with van der Waals surface area (Å²) in [5, 5.41) is 9.40. The van der Waals surface area contributed by atoms with Crippen molar-refractivity contribution in [2.45, 2.75) is 25.5 Å². The molecule has 7 nitrogen and oxygen atoms in total. The molecule has 3 rings (SSSR count). The predicted molar refractivity (Wildman–Crippen MR) is 73.2 cm³/mol. The van der Waals surface area contributed by atoms with Crippen LogP contribution in [0.5, 0.6) is 5.75 Å². The Labute approximate surface area is 121 Å². The number of H-pyrrole nitrogens is 1. The lowest BCUT2D eigenvalue weighted by molar-refractivity contribution is 0.0875. The first-order valence-corrected chi connectivity index (χ1v) is 6.88. The minimum absolute atomic E-state index is 0.220. The number of rotatable bonds is 5. The molecule has 2 aromatic heterocycles. The summed E-state index contributed by atoms with van der Waals surface area (Å²) in [5.74, 6) is 0.733. The van der Waals surface area contributed by atoms with Gasteiger partial charge in [0, 0.05) is 5.56 Å². The fourth-order valence-electron chi connectivity index (χ4n) is 2.31. The number of hydrogen-bond donors (Lipinski definition) is 2. The molecule has 0 radical (unpaired) electrons. The van der Waals surface area contributed by atoms with Gasteiger partial charge >= 0.3 is 0 Å². The Morgan fingerprint density at radius 2 is 2.48 bits per heavy atom. The molecule has 3 heterocycles. The molecule has 1 amide bonds. The molecule has 112 valence electrons. The molecule has 21 heavy (non-hydrogen) atoms. The quantitative estimate of drug-likeness (QED) is 0.862. The van der Waals surface area contributed by atoms with Crippen LogP contribution in [0.2, 0.25) is 0 Å². The van der Waals surface area contributed by atoms with E-state index in [9.17, 15) is 4.79 Å². The van der Waals surface area contributed by atoms with E-state index < -0.39 is 0 Å². The highest BCUT2D eigenvalue weighted by molar-refractivity contribution is 5.93. The number of aromatic nitrogens is 2. The van der Waals surface area contributed by atoms with Gasteiger partial charge in [-0.25, -0.2) is 0 Å². The average Bonchev–Trinajstić information content (AvgIpc) is 3.21. The Bertz CT molecular complexity index is 593. The van der Waals surface area contributed by atoms with Crippen LogP contribution in [0.25, 0.3) is 0 Å². The summed E-state index contributed by atoms with van der Waals surface area (Å²) in [7, 11) is 0. The molecule has 1 saturated heterocycles. The van der Waals surface area contributed by atoms with Crippen molar-refractivity contribution in [3.8, 4) is 5.75 Å². The molecule has 0 aromatic carbocycles. The van der Waals surface area contributed by atoms with Crippen molar-refractivity contribution in [1.29, 1.82) is 0 Å². The van der Waals surface area contributed by atoms with Crippen LogP contribution in [0.15, 0.2) is 29.1 Å².